The monoisotopic (exact) mass is 1750 g/mol. The summed E-state index contributed by atoms with van der Waals surface area (Å²) in [4.78, 5) is 0. The molecule has 4 aliphatic rings. The first-order valence-corrected chi connectivity index (χ1v) is 47.8. The van der Waals surface area contributed by atoms with Crippen molar-refractivity contribution in [1.82, 2.24) is 0 Å². The van der Waals surface area contributed by atoms with E-state index in [2.05, 4.69) is 449 Å². The lowest BCUT2D eigenvalue weighted by Crippen LogP contribution is -2.26. The third-order valence-electron chi connectivity index (χ3n) is 31.3. The second kappa shape index (κ2) is 28.3. The van der Waals surface area contributed by atoms with Gasteiger partial charge in [0, 0.05) is 43.1 Å². The maximum absolute atomic E-state index is 6.56. The van der Waals surface area contributed by atoms with Crippen molar-refractivity contribution in [2.45, 2.75) is 10.8 Å². The fourth-order valence-electron chi connectivity index (χ4n) is 26.0. The van der Waals surface area contributed by atoms with Crippen LogP contribution in [0.3, 0.4) is 0 Å². The van der Waals surface area contributed by atoms with Gasteiger partial charge < -0.3 is 17.7 Å². The topological polar surface area (TPSA) is 52.6 Å². The van der Waals surface area contributed by atoms with Crippen molar-refractivity contribution >= 4 is 152 Å². The molecule has 24 aromatic carbocycles. The third kappa shape index (κ3) is 10.1. The Morgan fingerprint density at radius 2 is 0.384 bits per heavy atom. The second-order valence-electron chi connectivity index (χ2n) is 37.8. The lowest BCUT2D eigenvalue weighted by atomic mass is 9.68. The summed E-state index contributed by atoms with van der Waals surface area (Å²) >= 11 is 0. The van der Waals surface area contributed by atoms with Gasteiger partial charge in [-0.2, -0.15) is 0 Å². The van der Waals surface area contributed by atoms with Gasteiger partial charge in [0.1, 0.15) is 44.7 Å². The Labute approximate surface area is 792 Å². The molecule has 0 aliphatic heterocycles. The second-order valence-corrected chi connectivity index (χ2v) is 37.8. The summed E-state index contributed by atoms with van der Waals surface area (Å²) in [5, 5.41) is 23.6. The van der Waals surface area contributed by atoms with Crippen molar-refractivity contribution in [2.75, 3.05) is 0 Å². The molecule has 0 saturated heterocycles. The molecule has 636 valence electrons. The minimum Gasteiger partial charge on any atom is -0.456 e. The molecule has 0 N–H and O–H groups in total. The van der Waals surface area contributed by atoms with Crippen molar-refractivity contribution in [2.24, 2.45) is 0 Å². The molecule has 0 radical (unpaired) electrons. The van der Waals surface area contributed by atoms with Gasteiger partial charge in [0.05, 0.1) is 10.8 Å². The van der Waals surface area contributed by atoms with Gasteiger partial charge in [-0.05, 0) is 305 Å². The zero-order chi connectivity index (χ0) is 89.9. The van der Waals surface area contributed by atoms with Crippen molar-refractivity contribution in [1.29, 1.82) is 0 Å². The Hall–Kier alpha value is -18.0. The SMILES string of the molecule is c1ccc2c(c1)-c1ccccc1C21c2ccccc2-c2c1c(-c1c3cccc(-c4ccc5oc6ccccc6c5c4)c3cc3c(-c4ccc5oc6ccccc6c5c4)cccc13)cc1ccccc21.c1ccc2c(c1)-c1ccccc1C21c2ccccc2-c2c1c(-c1c3cccc(-c4cccc5oc6ccccc6c45)c3cc3c(-c4cccc5oc6ccccc6c45)cccc13)cc1ccccc21. The van der Waals surface area contributed by atoms with E-state index in [0.29, 0.717) is 0 Å². The van der Waals surface area contributed by atoms with E-state index in [-0.39, 0.29) is 0 Å². The number of benzene rings is 24. The first-order chi connectivity index (χ1) is 68.5. The predicted octanol–water partition coefficient (Wildman–Crippen LogP) is 36.6. The normalized spacial score (nSPS) is 13.3. The van der Waals surface area contributed by atoms with Gasteiger partial charge in [-0.1, -0.05) is 376 Å². The molecule has 28 aromatic rings. The van der Waals surface area contributed by atoms with E-state index in [0.717, 1.165) is 110 Å². The zero-order valence-corrected chi connectivity index (χ0v) is 74.5. The van der Waals surface area contributed by atoms with Crippen LogP contribution >= 0.6 is 0 Å². The van der Waals surface area contributed by atoms with Gasteiger partial charge in [-0.25, -0.2) is 0 Å². The third-order valence-corrected chi connectivity index (χ3v) is 31.3. The number of rotatable bonds is 6. The maximum Gasteiger partial charge on any atom is 0.136 e. The molecular weight excluding hydrogens is 1670 g/mol. The standard InChI is InChI=1S/2C67H38O2/c1-2-18-40-39(17-1)37-54(66-65(40)49-21-5-10-32-57(49)67(66)55-30-8-3-19-43(55)44-20-4-9-31-56(44)67)62-47-26-13-24-41(45-28-15-35-60-63(45)50-22-6-11-33-58(50)68-60)52(47)38-53-42(25-14-27-48(53)62)46-29-16-36-61-64(46)51-23-7-12-34-59(51)69-61;1-2-16-44-39(15-1)37-56(66-65(44)51-21-5-10-28-59(51)67(66)57-26-8-3-17-45(57)46-18-4-9-27-58(46)67)64-49-24-13-22-42(40-31-33-62-54(35-40)47-19-6-11-29-60(47)68-62)52(49)38-53-43(23-14-25-50(53)64)41-32-34-63-55(36-41)48-20-7-12-30-61(48)69-63/h2*1-38H. The summed E-state index contributed by atoms with van der Waals surface area (Å²) in [5.74, 6) is 0. The molecule has 4 heteroatoms. The first-order valence-electron chi connectivity index (χ1n) is 47.8. The van der Waals surface area contributed by atoms with Gasteiger partial charge in [0.25, 0.3) is 0 Å². The highest BCUT2D eigenvalue weighted by Gasteiger charge is 2.56. The summed E-state index contributed by atoms with van der Waals surface area (Å²) < 4.78 is 25.9. The molecule has 4 aromatic heterocycles. The Morgan fingerprint density at radius 1 is 0.130 bits per heavy atom. The van der Waals surface area contributed by atoms with E-state index < -0.39 is 10.8 Å². The lowest BCUT2D eigenvalue weighted by molar-refractivity contribution is 0.668. The van der Waals surface area contributed by atoms with E-state index in [1.165, 1.54) is 198 Å². The van der Waals surface area contributed by atoms with E-state index in [1.54, 1.807) is 0 Å². The Kier molecular flexibility index (Phi) is 15.5. The summed E-state index contributed by atoms with van der Waals surface area (Å²) in [5.41, 5.74) is 41.4. The summed E-state index contributed by atoms with van der Waals surface area (Å²) in [6, 6.07) is 171. The van der Waals surface area contributed by atoms with Gasteiger partial charge in [0.2, 0.25) is 0 Å². The van der Waals surface area contributed by atoms with Crippen LogP contribution in [-0.2, 0) is 10.8 Å². The van der Waals surface area contributed by atoms with Gasteiger partial charge in [-0.3, -0.25) is 0 Å². The smallest absolute Gasteiger partial charge is 0.136 e. The Morgan fingerprint density at radius 3 is 0.768 bits per heavy atom. The van der Waals surface area contributed by atoms with Crippen LogP contribution in [0.25, 0.3) is 264 Å². The number of hydrogen-bond acceptors (Lipinski definition) is 4. The summed E-state index contributed by atoms with van der Waals surface area (Å²) in [6.45, 7) is 0. The molecule has 0 fully saturated rings. The quantitative estimate of drug-likeness (QED) is 0.156. The molecule has 4 aliphatic carbocycles. The van der Waals surface area contributed by atoms with E-state index in [9.17, 15) is 0 Å². The zero-order valence-electron chi connectivity index (χ0n) is 74.5. The van der Waals surface area contributed by atoms with E-state index in [4.69, 9.17) is 17.7 Å². The molecule has 0 atom stereocenters. The number of hydrogen-bond donors (Lipinski definition) is 0. The Balaban J connectivity index is 0.000000128. The highest BCUT2D eigenvalue weighted by molar-refractivity contribution is 6.28. The fourth-order valence-corrected chi connectivity index (χ4v) is 26.0. The minimum atomic E-state index is -0.579. The number of furan rings is 4. The van der Waals surface area contributed by atoms with Crippen LogP contribution < -0.4 is 0 Å². The fraction of sp³-hybridized carbons (Fsp3) is 0.0149. The molecule has 138 heavy (non-hydrogen) atoms. The minimum absolute atomic E-state index is 0.567. The maximum atomic E-state index is 6.56. The largest absolute Gasteiger partial charge is 0.456 e. The molecule has 32 rings (SSSR count). The van der Waals surface area contributed by atoms with E-state index >= 15 is 0 Å². The van der Waals surface area contributed by atoms with E-state index in [1.807, 2.05) is 12.1 Å². The molecule has 0 bridgehead atoms. The van der Waals surface area contributed by atoms with Crippen LogP contribution in [-0.4, -0.2) is 0 Å². The molecule has 4 nitrogen and oxygen atoms in total. The summed E-state index contributed by atoms with van der Waals surface area (Å²) in [7, 11) is 0. The van der Waals surface area contributed by atoms with Crippen molar-refractivity contribution in [3.63, 3.8) is 0 Å². The van der Waals surface area contributed by atoms with Crippen molar-refractivity contribution in [3.8, 4) is 111 Å². The molecule has 0 saturated carbocycles. The molecule has 4 heterocycles. The molecule has 0 unspecified atom stereocenters. The predicted molar refractivity (Wildman–Crippen MR) is 572 cm³/mol. The van der Waals surface area contributed by atoms with Crippen molar-refractivity contribution in [3.05, 3.63) is 506 Å². The lowest BCUT2D eigenvalue weighted by Gasteiger charge is -2.33. The first kappa shape index (κ1) is 75.6. The highest BCUT2D eigenvalue weighted by atomic mass is 16.3. The van der Waals surface area contributed by atoms with Crippen molar-refractivity contribution < 1.29 is 17.7 Å². The van der Waals surface area contributed by atoms with Crippen LogP contribution in [0.2, 0.25) is 0 Å². The van der Waals surface area contributed by atoms with Gasteiger partial charge in [0.15, 0.2) is 0 Å². The molecule has 0 amide bonds. The number of para-hydroxylation sites is 4. The van der Waals surface area contributed by atoms with Gasteiger partial charge >= 0.3 is 0 Å². The van der Waals surface area contributed by atoms with Crippen LogP contribution in [0.15, 0.2) is 479 Å². The van der Waals surface area contributed by atoms with Crippen LogP contribution in [0.5, 0.6) is 0 Å². The van der Waals surface area contributed by atoms with Gasteiger partial charge in [-0.15, -0.1) is 0 Å². The molecular formula is C134H76O4. The van der Waals surface area contributed by atoms with Crippen LogP contribution in [0.1, 0.15) is 44.5 Å². The van der Waals surface area contributed by atoms with Crippen LogP contribution in [0.4, 0.5) is 0 Å². The summed E-state index contributed by atoms with van der Waals surface area (Å²) in [6.07, 6.45) is 0. The van der Waals surface area contributed by atoms with Crippen LogP contribution in [0, 0.1) is 0 Å². The average molecular weight is 1750 g/mol. The molecule has 2 spiro atoms. The number of fused-ring (bicyclic) bond motifs is 40. The highest BCUT2D eigenvalue weighted by Crippen LogP contribution is 2.69. The average Bonchev–Trinajstić information content (AvgIpc) is 1.49. The Bertz CT molecular complexity index is 9850.